The standard InChI is InChI=1S/C26H28N8O2S/c1-16-4-3-5-19(30-16)23-28-12-8-21(33-23)32-22-9-13-29-25(34-22)31-17-14-20(37-15-17)24(35)36-18-6-10-26(2,27)11-7-18/h3-5,8-9,12-15,18H,6-7,10-11,27H2,1-2H3,(H2,28,29,31,32,33,34). The molecule has 1 fully saturated rings. The summed E-state index contributed by atoms with van der Waals surface area (Å²) in [5, 5.41) is 8.16. The average Bonchev–Trinajstić information content (AvgIpc) is 3.34. The molecule has 0 unspecified atom stereocenters. The fourth-order valence-corrected chi connectivity index (χ4v) is 4.78. The van der Waals surface area contributed by atoms with Gasteiger partial charge in [0.1, 0.15) is 28.3 Å². The van der Waals surface area contributed by atoms with E-state index in [1.54, 1.807) is 30.6 Å². The van der Waals surface area contributed by atoms with Gasteiger partial charge in [0.15, 0.2) is 5.82 Å². The van der Waals surface area contributed by atoms with Crippen LogP contribution < -0.4 is 16.4 Å². The maximum atomic E-state index is 12.6. The van der Waals surface area contributed by atoms with Crippen molar-refractivity contribution < 1.29 is 9.53 Å². The first-order valence-electron chi connectivity index (χ1n) is 12.1. The molecular formula is C26H28N8O2S. The molecule has 0 amide bonds. The molecule has 11 heteroatoms. The van der Waals surface area contributed by atoms with Gasteiger partial charge in [-0.1, -0.05) is 6.07 Å². The molecule has 0 radical (unpaired) electrons. The van der Waals surface area contributed by atoms with Gasteiger partial charge in [-0.05, 0) is 69.9 Å². The third-order valence-electron chi connectivity index (χ3n) is 6.09. The minimum absolute atomic E-state index is 0.0854. The van der Waals surface area contributed by atoms with E-state index in [0.29, 0.717) is 39.7 Å². The van der Waals surface area contributed by atoms with Crippen LogP contribution in [0.1, 0.15) is 48.0 Å². The van der Waals surface area contributed by atoms with E-state index >= 15 is 0 Å². The number of ether oxygens (including phenoxy) is 1. The van der Waals surface area contributed by atoms with E-state index in [1.165, 1.54) is 11.3 Å². The Balaban J connectivity index is 1.21. The molecule has 0 aliphatic heterocycles. The van der Waals surface area contributed by atoms with Gasteiger partial charge in [-0.15, -0.1) is 11.3 Å². The highest BCUT2D eigenvalue weighted by molar-refractivity contribution is 7.12. The molecule has 5 rings (SSSR count). The van der Waals surface area contributed by atoms with Crippen LogP contribution >= 0.6 is 11.3 Å². The van der Waals surface area contributed by atoms with Gasteiger partial charge in [-0.2, -0.15) is 4.98 Å². The third-order valence-corrected chi connectivity index (χ3v) is 7.00. The molecule has 4 N–H and O–H groups in total. The second-order valence-electron chi connectivity index (χ2n) is 9.40. The van der Waals surface area contributed by atoms with Gasteiger partial charge in [-0.3, -0.25) is 0 Å². The number of nitrogens with zero attached hydrogens (tertiary/aromatic N) is 5. The van der Waals surface area contributed by atoms with Crippen LogP contribution in [0.25, 0.3) is 11.5 Å². The molecule has 0 atom stereocenters. The summed E-state index contributed by atoms with van der Waals surface area (Å²) >= 11 is 1.32. The van der Waals surface area contributed by atoms with Gasteiger partial charge in [0.2, 0.25) is 5.95 Å². The van der Waals surface area contributed by atoms with E-state index in [1.807, 2.05) is 37.4 Å². The molecule has 1 aliphatic carbocycles. The van der Waals surface area contributed by atoms with Crippen molar-refractivity contribution in [2.24, 2.45) is 5.73 Å². The Labute approximate surface area is 218 Å². The molecule has 0 saturated heterocycles. The normalized spacial score (nSPS) is 19.3. The molecule has 4 aromatic heterocycles. The maximum Gasteiger partial charge on any atom is 0.348 e. The summed E-state index contributed by atoms with van der Waals surface area (Å²) in [6.45, 7) is 3.97. The van der Waals surface area contributed by atoms with Crippen LogP contribution in [0.2, 0.25) is 0 Å². The number of aryl methyl sites for hydroxylation is 1. The van der Waals surface area contributed by atoms with Gasteiger partial charge in [0.05, 0.1) is 5.69 Å². The fourth-order valence-electron chi connectivity index (χ4n) is 4.06. The molecule has 190 valence electrons. The highest BCUT2D eigenvalue weighted by Crippen LogP contribution is 2.29. The molecule has 10 nitrogen and oxygen atoms in total. The smallest absolute Gasteiger partial charge is 0.348 e. The van der Waals surface area contributed by atoms with Gasteiger partial charge in [0, 0.05) is 29.0 Å². The molecule has 1 aliphatic rings. The summed E-state index contributed by atoms with van der Waals surface area (Å²) in [5.41, 5.74) is 8.31. The Kier molecular flexibility index (Phi) is 7.06. The van der Waals surface area contributed by atoms with Gasteiger partial charge in [-0.25, -0.2) is 24.7 Å². The number of esters is 1. The van der Waals surface area contributed by atoms with Crippen LogP contribution in [0.5, 0.6) is 0 Å². The first-order chi connectivity index (χ1) is 17.8. The lowest BCUT2D eigenvalue weighted by Gasteiger charge is -2.33. The lowest BCUT2D eigenvalue weighted by atomic mass is 9.83. The molecule has 37 heavy (non-hydrogen) atoms. The maximum absolute atomic E-state index is 12.6. The zero-order chi connectivity index (χ0) is 25.8. The number of rotatable bonds is 7. The SMILES string of the molecule is Cc1cccc(-c2nccc(Nc3ccnc(Nc4csc(C(=O)OC5CCC(C)(N)CC5)c4)n3)n2)n1. The zero-order valence-corrected chi connectivity index (χ0v) is 21.5. The van der Waals surface area contributed by atoms with E-state index in [4.69, 9.17) is 10.5 Å². The van der Waals surface area contributed by atoms with Crippen molar-refractivity contribution in [1.29, 1.82) is 0 Å². The van der Waals surface area contributed by atoms with E-state index in [2.05, 4.69) is 35.6 Å². The number of carbonyl (C=O) groups excluding carboxylic acids is 1. The van der Waals surface area contributed by atoms with Crippen LogP contribution in [-0.4, -0.2) is 42.5 Å². The van der Waals surface area contributed by atoms with E-state index < -0.39 is 0 Å². The predicted octanol–water partition coefficient (Wildman–Crippen LogP) is 5.00. The Morgan fingerprint density at radius 1 is 1.05 bits per heavy atom. The Morgan fingerprint density at radius 2 is 1.81 bits per heavy atom. The number of hydrogen-bond acceptors (Lipinski definition) is 11. The third kappa shape index (κ3) is 6.43. The second kappa shape index (κ2) is 10.6. The number of aromatic nitrogens is 5. The predicted molar refractivity (Wildman–Crippen MR) is 143 cm³/mol. The van der Waals surface area contributed by atoms with Crippen LogP contribution in [0, 0.1) is 6.92 Å². The quantitative estimate of drug-likeness (QED) is 0.287. The number of nitrogens with one attached hydrogen (secondary N) is 2. The molecule has 1 saturated carbocycles. The van der Waals surface area contributed by atoms with Crippen LogP contribution in [0.15, 0.2) is 54.2 Å². The molecule has 0 bridgehead atoms. The first-order valence-corrected chi connectivity index (χ1v) is 12.9. The molecule has 4 heterocycles. The molecule has 0 spiro atoms. The Bertz CT molecular complexity index is 1400. The Hall–Kier alpha value is -3.96. The van der Waals surface area contributed by atoms with Crippen molar-refractivity contribution in [3.05, 3.63) is 64.7 Å². The van der Waals surface area contributed by atoms with Gasteiger partial charge < -0.3 is 21.1 Å². The summed E-state index contributed by atoms with van der Waals surface area (Å²) in [4.78, 5) is 35.3. The monoisotopic (exact) mass is 516 g/mol. The van der Waals surface area contributed by atoms with Gasteiger partial charge >= 0.3 is 5.97 Å². The van der Waals surface area contributed by atoms with Crippen molar-refractivity contribution >= 4 is 40.6 Å². The highest BCUT2D eigenvalue weighted by Gasteiger charge is 2.29. The van der Waals surface area contributed by atoms with Crippen molar-refractivity contribution in [3.63, 3.8) is 0 Å². The lowest BCUT2D eigenvalue weighted by Crippen LogP contribution is -2.42. The number of thiophene rings is 1. The molecular weight excluding hydrogens is 488 g/mol. The summed E-state index contributed by atoms with van der Waals surface area (Å²) in [6, 6.07) is 11.0. The van der Waals surface area contributed by atoms with Crippen molar-refractivity contribution in [3.8, 4) is 11.5 Å². The van der Waals surface area contributed by atoms with Crippen molar-refractivity contribution in [2.75, 3.05) is 10.6 Å². The number of hydrogen-bond donors (Lipinski definition) is 3. The largest absolute Gasteiger partial charge is 0.458 e. The lowest BCUT2D eigenvalue weighted by molar-refractivity contribution is 0.0158. The number of nitrogens with two attached hydrogens (primary N) is 1. The minimum atomic E-state index is -0.317. The van der Waals surface area contributed by atoms with Crippen LogP contribution in [-0.2, 0) is 4.74 Å². The molecule has 0 aromatic carbocycles. The number of pyridine rings is 1. The summed E-state index contributed by atoms with van der Waals surface area (Å²) in [7, 11) is 0. The topological polar surface area (TPSA) is 141 Å². The fraction of sp³-hybridized carbons (Fsp3) is 0.308. The van der Waals surface area contributed by atoms with E-state index in [-0.39, 0.29) is 17.6 Å². The summed E-state index contributed by atoms with van der Waals surface area (Å²) in [5.74, 6) is 1.72. The molecule has 4 aromatic rings. The second-order valence-corrected chi connectivity index (χ2v) is 10.3. The number of carbonyl (C=O) groups is 1. The van der Waals surface area contributed by atoms with Gasteiger partial charge in [0.25, 0.3) is 0 Å². The number of anilines is 4. The van der Waals surface area contributed by atoms with E-state index in [9.17, 15) is 4.79 Å². The Morgan fingerprint density at radius 3 is 2.59 bits per heavy atom. The summed E-state index contributed by atoms with van der Waals surface area (Å²) in [6.07, 6.45) is 6.50. The van der Waals surface area contributed by atoms with Crippen LogP contribution in [0.3, 0.4) is 0 Å². The van der Waals surface area contributed by atoms with Crippen molar-refractivity contribution in [1.82, 2.24) is 24.9 Å². The summed E-state index contributed by atoms with van der Waals surface area (Å²) < 4.78 is 5.70. The van der Waals surface area contributed by atoms with Crippen molar-refractivity contribution in [2.45, 2.75) is 51.2 Å². The van der Waals surface area contributed by atoms with Crippen LogP contribution in [0.4, 0.5) is 23.3 Å². The average molecular weight is 517 g/mol. The highest BCUT2D eigenvalue weighted by atomic mass is 32.1. The van der Waals surface area contributed by atoms with E-state index in [0.717, 1.165) is 31.4 Å². The zero-order valence-electron chi connectivity index (χ0n) is 20.6. The minimum Gasteiger partial charge on any atom is -0.458 e. The first kappa shape index (κ1) is 24.7.